The van der Waals surface area contributed by atoms with Crippen LogP contribution in [0.2, 0.25) is 0 Å². The Morgan fingerprint density at radius 1 is 1.16 bits per heavy atom. The second kappa shape index (κ2) is 10.1. The van der Waals surface area contributed by atoms with E-state index in [1.165, 1.54) is 17.6 Å². The van der Waals surface area contributed by atoms with Crippen LogP contribution in [0.4, 0.5) is 5.95 Å². The number of benzene rings is 2. The van der Waals surface area contributed by atoms with Gasteiger partial charge in [0.15, 0.2) is 9.84 Å². The van der Waals surface area contributed by atoms with Gasteiger partial charge in [-0.05, 0) is 72.7 Å². The molecule has 1 N–H and O–H groups in total. The van der Waals surface area contributed by atoms with E-state index in [9.17, 15) is 13.7 Å². The third-order valence-corrected chi connectivity index (χ3v) is 8.44. The average Bonchev–Trinajstić information content (AvgIpc) is 3.50. The lowest BCUT2D eigenvalue weighted by Crippen LogP contribution is -2.26. The summed E-state index contributed by atoms with van der Waals surface area (Å²) in [4.78, 5) is 12.1. The topological polar surface area (TPSA) is 108 Å². The number of nitriles is 1. The number of likely N-dealkylation sites (tertiary alicyclic amines) is 1. The van der Waals surface area contributed by atoms with Gasteiger partial charge in [-0.25, -0.2) is 13.4 Å². The lowest BCUT2D eigenvalue weighted by atomic mass is 10.1. The van der Waals surface area contributed by atoms with Crippen molar-refractivity contribution >= 4 is 37.3 Å². The van der Waals surface area contributed by atoms with E-state index in [0.717, 1.165) is 53.0 Å². The van der Waals surface area contributed by atoms with Gasteiger partial charge in [0.2, 0.25) is 11.8 Å². The van der Waals surface area contributed by atoms with Crippen molar-refractivity contribution < 1.29 is 13.2 Å². The highest BCUT2D eigenvalue weighted by atomic mass is 32.2. The van der Waals surface area contributed by atoms with Crippen LogP contribution in [-0.4, -0.2) is 48.7 Å². The standard InChI is InChI=1S/C27H27N5O3S2/c1-17-12-20(14-28)13-18(2)24(17)35-26-25-23(9-11-36-25)30-27(31-26)29-21-8-10-32(16-21)15-19-4-6-22(7-5-19)37(3,33)34/h4-7,9,11-13,21H,8,10,15-16H2,1-3H3,(H,29,30,31)/t21-/m1/s1. The summed E-state index contributed by atoms with van der Waals surface area (Å²) in [6, 6.07) is 15.0. The van der Waals surface area contributed by atoms with Gasteiger partial charge in [-0.3, -0.25) is 4.90 Å². The Morgan fingerprint density at radius 3 is 2.57 bits per heavy atom. The summed E-state index contributed by atoms with van der Waals surface area (Å²) in [5, 5.41) is 14.7. The van der Waals surface area contributed by atoms with Crippen LogP contribution in [0.5, 0.6) is 11.6 Å². The lowest BCUT2D eigenvalue weighted by Gasteiger charge is -2.17. The van der Waals surface area contributed by atoms with Crippen LogP contribution in [0.25, 0.3) is 10.2 Å². The highest BCUT2D eigenvalue weighted by Gasteiger charge is 2.24. The fourth-order valence-corrected chi connectivity index (χ4v) is 6.01. The van der Waals surface area contributed by atoms with Gasteiger partial charge in [0.25, 0.3) is 0 Å². The highest BCUT2D eigenvalue weighted by Crippen LogP contribution is 2.35. The van der Waals surface area contributed by atoms with Crippen LogP contribution in [0.1, 0.15) is 28.7 Å². The van der Waals surface area contributed by atoms with Crippen LogP contribution >= 0.6 is 11.3 Å². The van der Waals surface area contributed by atoms with Crippen molar-refractivity contribution in [1.29, 1.82) is 5.26 Å². The maximum absolute atomic E-state index is 11.7. The van der Waals surface area contributed by atoms with E-state index in [1.54, 1.807) is 12.1 Å². The molecule has 5 rings (SSSR count). The molecule has 10 heteroatoms. The first kappa shape index (κ1) is 25.1. The van der Waals surface area contributed by atoms with E-state index < -0.39 is 9.84 Å². The molecule has 1 fully saturated rings. The molecule has 0 spiro atoms. The predicted octanol–water partition coefficient (Wildman–Crippen LogP) is 5.06. The Morgan fingerprint density at radius 2 is 1.89 bits per heavy atom. The third-order valence-electron chi connectivity index (χ3n) is 6.42. The molecule has 0 saturated carbocycles. The van der Waals surface area contributed by atoms with E-state index in [2.05, 4.69) is 16.3 Å². The maximum atomic E-state index is 11.7. The van der Waals surface area contributed by atoms with E-state index in [1.807, 2.05) is 49.6 Å². The first-order valence-corrected chi connectivity index (χ1v) is 14.7. The Labute approximate surface area is 220 Å². The number of fused-ring (bicyclic) bond motifs is 1. The minimum Gasteiger partial charge on any atom is -0.437 e. The molecular weight excluding hydrogens is 506 g/mol. The van der Waals surface area contributed by atoms with Crippen molar-refractivity contribution in [1.82, 2.24) is 14.9 Å². The molecule has 0 aliphatic carbocycles. The number of anilines is 1. The molecule has 4 aromatic rings. The summed E-state index contributed by atoms with van der Waals surface area (Å²) in [5.74, 6) is 1.72. The molecule has 1 aliphatic rings. The summed E-state index contributed by atoms with van der Waals surface area (Å²) in [6.07, 6.45) is 2.16. The van der Waals surface area contributed by atoms with Crippen molar-refractivity contribution in [2.45, 2.75) is 37.8 Å². The molecule has 3 heterocycles. The smallest absolute Gasteiger partial charge is 0.242 e. The molecule has 37 heavy (non-hydrogen) atoms. The van der Waals surface area contributed by atoms with E-state index >= 15 is 0 Å². The lowest BCUT2D eigenvalue weighted by molar-refractivity contribution is 0.328. The van der Waals surface area contributed by atoms with Crippen LogP contribution < -0.4 is 10.1 Å². The normalized spacial score (nSPS) is 16.1. The van der Waals surface area contributed by atoms with Gasteiger partial charge in [0, 0.05) is 31.9 Å². The Hall–Kier alpha value is -3.52. The summed E-state index contributed by atoms with van der Waals surface area (Å²) >= 11 is 1.53. The van der Waals surface area contributed by atoms with Crippen LogP contribution in [0.3, 0.4) is 0 Å². The van der Waals surface area contributed by atoms with Gasteiger partial charge in [0.05, 0.1) is 22.0 Å². The number of aromatic nitrogens is 2. The summed E-state index contributed by atoms with van der Waals surface area (Å²) < 4.78 is 30.6. The van der Waals surface area contributed by atoms with Gasteiger partial charge in [0.1, 0.15) is 10.4 Å². The van der Waals surface area contributed by atoms with Crippen molar-refractivity contribution in [3.8, 4) is 17.7 Å². The fourth-order valence-electron chi connectivity index (χ4n) is 4.62. The third kappa shape index (κ3) is 5.59. The molecule has 1 aliphatic heterocycles. The van der Waals surface area contributed by atoms with Crippen molar-refractivity contribution in [2.24, 2.45) is 0 Å². The number of aryl methyl sites for hydroxylation is 2. The number of rotatable bonds is 7. The zero-order valence-electron chi connectivity index (χ0n) is 20.9. The van der Waals surface area contributed by atoms with Crippen LogP contribution in [-0.2, 0) is 16.4 Å². The fraction of sp³-hybridized carbons (Fsp3) is 0.296. The Balaban J connectivity index is 1.30. The van der Waals surface area contributed by atoms with E-state index in [0.29, 0.717) is 28.0 Å². The zero-order valence-corrected chi connectivity index (χ0v) is 22.5. The first-order valence-electron chi connectivity index (χ1n) is 11.9. The molecule has 1 atom stereocenters. The number of nitrogens with one attached hydrogen (secondary N) is 1. The molecule has 190 valence electrons. The SMILES string of the molecule is Cc1cc(C#N)cc(C)c1Oc1nc(N[C@@H]2CCN(Cc3ccc(S(C)(=O)=O)cc3)C2)nc2ccsc12. The summed E-state index contributed by atoms with van der Waals surface area (Å²) in [6.45, 7) is 6.34. The van der Waals surface area contributed by atoms with Gasteiger partial charge in [-0.1, -0.05) is 12.1 Å². The minimum atomic E-state index is -3.19. The molecule has 0 unspecified atom stereocenters. The average molecular weight is 534 g/mol. The van der Waals surface area contributed by atoms with Gasteiger partial charge in [-0.2, -0.15) is 10.2 Å². The largest absolute Gasteiger partial charge is 0.437 e. The van der Waals surface area contributed by atoms with Crippen molar-refractivity contribution in [3.05, 3.63) is 70.1 Å². The molecule has 0 amide bonds. The molecule has 0 radical (unpaired) electrons. The summed E-state index contributed by atoms with van der Waals surface area (Å²) in [5.41, 5.74) is 4.26. The van der Waals surface area contributed by atoms with Crippen molar-refractivity contribution in [2.75, 3.05) is 24.7 Å². The van der Waals surface area contributed by atoms with Crippen LogP contribution in [0.15, 0.2) is 52.7 Å². The molecule has 8 nitrogen and oxygen atoms in total. The van der Waals surface area contributed by atoms with E-state index in [4.69, 9.17) is 14.7 Å². The molecule has 2 aromatic carbocycles. The van der Waals surface area contributed by atoms with Crippen molar-refractivity contribution in [3.63, 3.8) is 0 Å². The number of hydrogen-bond acceptors (Lipinski definition) is 9. The number of thiophene rings is 1. The Bertz CT molecular complexity index is 1580. The predicted molar refractivity (Wildman–Crippen MR) is 145 cm³/mol. The number of sulfone groups is 1. The highest BCUT2D eigenvalue weighted by molar-refractivity contribution is 7.90. The second-order valence-corrected chi connectivity index (χ2v) is 12.4. The van der Waals surface area contributed by atoms with Gasteiger partial charge < -0.3 is 10.1 Å². The molecular formula is C27H27N5O3S2. The van der Waals surface area contributed by atoms with Gasteiger partial charge >= 0.3 is 0 Å². The molecule has 1 saturated heterocycles. The second-order valence-electron chi connectivity index (χ2n) is 9.42. The number of nitrogens with zero attached hydrogens (tertiary/aromatic N) is 4. The number of hydrogen-bond donors (Lipinski definition) is 1. The minimum absolute atomic E-state index is 0.178. The number of ether oxygens (including phenoxy) is 1. The Kier molecular flexibility index (Phi) is 6.86. The van der Waals surface area contributed by atoms with Crippen LogP contribution in [0, 0.1) is 25.2 Å². The summed E-state index contributed by atoms with van der Waals surface area (Å²) in [7, 11) is -3.19. The molecule has 2 aromatic heterocycles. The monoisotopic (exact) mass is 533 g/mol. The maximum Gasteiger partial charge on any atom is 0.242 e. The first-order chi connectivity index (χ1) is 17.7. The zero-order chi connectivity index (χ0) is 26.2. The molecule has 0 bridgehead atoms. The quantitative estimate of drug-likeness (QED) is 0.351. The van der Waals surface area contributed by atoms with E-state index in [-0.39, 0.29) is 6.04 Å². The van der Waals surface area contributed by atoms with Gasteiger partial charge in [-0.15, -0.1) is 11.3 Å².